The van der Waals surface area contributed by atoms with E-state index in [1.165, 1.54) is 19.1 Å². The zero-order valence-corrected chi connectivity index (χ0v) is 16.9. The maximum Gasteiger partial charge on any atom is 0.339 e. The number of ether oxygens (including phenoxy) is 3. The third-order valence-corrected chi connectivity index (χ3v) is 4.08. The van der Waals surface area contributed by atoms with Crippen LogP contribution in [0.2, 0.25) is 5.02 Å². The number of amides is 3. The van der Waals surface area contributed by atoms with Crippen LogP contribution in [0.25, 0.3) is 0 Å². The molecule has 0 radical (unpaired) electrons. The van der Waals surface area contributed by atoms with Gasteiger partial charge in [0.2, 0.25) is 0 Å². The number of rotatable bonds is 9. The smallest absolute Gasteiger partial charge is 0.339 e. The highest BCUT2D eigenvalue weighted by Gasteiger charge is 2.26. The van der Waals surface area contributed by atoms with Crippen LogP contribution in [0.1, 0.15) is 50.4 Å². The Morgan fingerprint density at radius 2 is 1.93 bits per heavy atom. The van der Waals surface area contributed by atoms with Gasteiger partial charge in [-0.15, -0.1) is 0 Å². The number of esters is 1. The molecule has 0 saturated heterocycles. The fourth-order valence-corrected chi connectivity index (χ4v) is 2.50. The lowest BCUT2D eigenvalue weighted by atomic mass is 10.2. The molecule has 3 amide bonds. The molecular weight excluding hydrogens is 388 g/mol. The van der Waals surface area contributed by atoms with Crippen molar-refractivity contribution >= 4 is 29.5 Å². The molecule has 1 aliphatic carbocycles. The molecular formula is C19H25ClN2O6. The molecule has 28 heavy (non-hydrogen) atoms. The minimum Gasteiger partial charge on any atom is -0.490 e. The minimum absolute atomic E-state index is 0.109. The third kappa shape index (κ3) is 6.30. The molecule has 0 spiro atoms. The molecule has 2 N–H and O–H groups in total. The second-order valence-electron chi connectivity index (χ2n) is 6.35. The first kappa shape index (κ1) is 21.8. The van der Waals surface area contributed by atoms with E-state index in [0.717, 1.165) is 19.3 Å². The van der Waals surface area contributed by atoms with Gasteiger partial charge in [-0.1, -0.05) is 18.5 Å². The van der Waals surface area contributed by atoms with Crippen molar-refractivity contribution in [3.05, 3.63) is 22.7 Å². The highest BCUT2D eigenvalue weighted by atomic mass is 35.5. The van der Waals surface area contributed by atoms with Crippen molar-refractivity contribution in [1.82, 2.24) is 10.6 Å². The number of hydrogen-bond acceptors (Lipinski definition) is 6. The van der Waals surface area contributed by atoms with E-state index in [-0.39, 0.29) is 16.6 Å². The summed E-state index contributed by atoms with van der Waals surface area (Å²) in [6.45, 7) is 5.93. The van der Waals surface area contributed by atoms with Gasteiger partial charge in [-0.05, 0) is 45.2 Å². The Morgan fingerprint density at radius 1 is 1.21 bits per heavy atom. The molecule has 1 atom stereocenters. The van der Waals surface area contributed by atoms with Crippen molar-refractivity contribution < 1.29 is 28.6 Å². The molecule has 0 bridgehead atoms. The Hall–Kier alpha value is -2.48. The van der Waals surface area contributed by atoms with Gasteiger partial charge in [0.05, 0.1) is 23.8 Å². The van der Waals surface area contributed by atoms with E-state index >= 15 is 0 Å². The summed E-state index contributed by atoms with van der Waals surface area (Å²) in [6, 6.07) is 2.35. The maximum atomic E-state index is 12.4. The van der Waals surface area contributed by atoms with Crippen molar-refractivity contribution in [2.45, 2.75) is 52.2 Å². The van der Waals surface area contributed by atoms with Gasteiger partial charge in [0.1, 0.15) is 0 Å². The summed E-state index contributed by atoms with van der Waals surface area (Å²) < 4.78 is 16.2. The fourth-order valence-electron chi connectivity index (χ4n) is 2.24. The van der Waals surface area contributed by atoms with Crippen molar-refractivity contribution in [3.63, 3.8) is 0 Å². The number of halogens is 1. The van der Waals surface area contributed by atoms with E-state index in [9.17, 15) is 14.4 Å². The zero-order valence-electron chi connectivity index (χ0n) is 16.2. The Labute approximate surface area is 168 Å². The molecule has 0 heterocycles. The Morgan fingerprint density at radius 3 is 2.54 bits per heavy atom. The minimum atomic E-state index is -1.16. The number of benzene rings is 1. The van der Waals surface area contributed by atoms with Crippen molar-refractivity contribution in [2.75, 3.05) is 13.2 Å². The van der Waals surface area contributed by atoms with E-state index in [0.29, 0.717) is 24.7 Å². The second kappa shape index (κ2) is 10.2. The third-order valence-electron chi connectivity index (χ3n) is 3.80. The normalized spacial score (nSPS) is 14.0. The molecule has 154 valence electrons. The highest BCUT2D eigenvalue weighted by Crippen LogP contribution is 2.37. The van der Waals surface area contributed by atoms with Crippen LogP contribution < -0.4 is 20.1 Å². The highest BCUT2D eigenvalue weighted by molar-refractivity contribution is 6.32. The van der Waals surface area contributed by atoms with E-state index in [4.69, 9.17) is 25.8 Å². The van der Waals surface area contributed by atoms with Crippen molar-refractivity contribution in [3.8, 4) is 11.5 Å². The number of carbonyl (C=O) groups excluding carboxylic acids is 3. The zero-order chi connectivity index (χ0) is 20.7. The molecule has 9 heteroatoms. The van der Waals surface area contributed by atoms with Crippen LogP contribution in [0.4, 0.5) is 4.79 Å². The molecule has 8 nitrogen and oxygen atoms in total. The Kier molecular flexibility index (Phi) is 7.92. The molecule has 1 aromatic rings. The van der Waals surface area contributed by atoms with Crippen LogP contribution in [0.3, 0.4) is 0 Å². The first-order valence-corrected chi connectivity index (χ1v) is 9.64. The largest absolute Gasteiger partial charge is 0.490 e. The predicted octanol–water partition coefficient (Wildman–Crippen LogP) is 3.06. The number of hydrogen-bond donors (Lipinski definition) is 2. The van der Waals surface area contributed by atoms with Gasteiger partial charge in [-0.25, -0.2) is 9.59 Å². The Bertz CT molecular complexity index is 735. The fraction of sp³-hybridized carbons (Fsp3) is 0.526. The van der Waals surface area contributed by atoms with Crippen LogP contribution in [0, 0.1) is 0 Å². The average molecular weight is 413 g/mol. The molecule has 1 fully saturated rings. The average Bonchev–Trinajstić information content (AvgIpc) is 3.44. The quantitative estimate of drug-likeness (QED) is 0.604. The molecule has 1 aliphatic rings. The lowest BCUT2D eigenvalue weighted by Gasteiger charge is -2.16. The monoisotopic (exact) mass is 412 g/mol. The van der Waals surface area contributed by atoms with E-state index in [1.807, 2.05) is 6.92 Å². The van der Waals surface area contributed by atoms with Gasteiger partial charge in [-0.2, -0.15) is 0 Å². The van der Waals surface area contributed by atoms with Crippen LogP contribution in [0.5, 0.6) is 11.5 Å². The summed E-state index contributed by atoms with van der Waals surface area (Å²) in [7, 11) is 0. The summed E-state index contributed by atoms with van der Waals surface area (Å²) in [5.74, 6) is -0.818. The first-order valence-electron chi connectivity index (χ1n) is 9.27. The van der Waals surface area contributed by atoms with Crippen LogP contribution >= 0.6 is 11.6 Å². The lowest BCUT2D eigenvalue weighted by molar-refractivity contribution is -0.127. The topological polar surface area (TPSA) is 103 Å². The number of carbonyl (C=O) groups is 3. The van der Waals surface area contributed by atoms with E-state index in [2.05, 4.69) is 10.6 Å². The summed E-state index contributed by atoms with van der Waals surface area (Å²) in [6.07, 6.45) is 1.41. The Balaban J connectivity index is 2.03. The molecule has 1 saturated carbocycles. The van der Waals surface area contributed by atoms with Crippen molar-refractivity contribution in [1.29, 1.82) is 0 Å². The van der Waals surface area contributed by atoms with Crippen LogP contribution in [-0.2, 0) is 9.53 Å². The summed E-state index contributed by atoms with van der Waals surface area (Å²) >= 11 is 6.23. The van der Waals surface area contributed by atoms with E-state index in [1.54, 1.807) is 6.92 Å². The van der Waals surface area contributed by atoms with Crippen molar-refractivity contribution in [2.24, 2.45) is 0 Å². The number of imide groups is 1. The summed E-state index contributed by atoms with van der Waals surface area (Å²) in [5, 5.41) is 4.96. The van der Waals surface area contributed by atoms with Gasteiger partial charge in [-0.3, -0.25) is 10.1 Å². The molecule has 1 aromatic carbocycles. The maximum absolute atomic E-state index is 12.4. The molecule has 0 aromatic heterocycles. The summed E-state index contributed by atoms with van der Waals surface area (Å²) in [4.78, 5) is 36.0. The molecule has 1 unspecified atom stereocenters. The first-order chi connectivity index (χ1) is 13.3. The van der Waals surface area contributed by atoms with E-state index < -0.39 is 24.0 Å². The predicted molar refractivity (Wildman–Crippen MR) is 103 cm³/mol. The van der Waals surface area contributed by atoms with Gasteiger partial charge in [0.15, 0.2) is 17.6 Å². The van der Waals surface area contributed by atoms with Crippen LogP contribution in [-0.4, -0.2) is 43.3 Å². The second-order valence-corrected chi connectivity index (χ2v) is 6.76. The number of nitrogens with one attached hydrogen (secondary N) is 2. The SMILES string of the molecule is CCCOc1c(Cl)cc(C(=O)OC(C)C(=O)NC(=O)NC2CC2)cc1OCC. The van der Waals surface area contributed by atoms with Gasteiger partial charge < -0.3 is 19.5 Å². The van der Waals surface area contributed by atoms with Crippen LogP contribution in [0.15, 0.2) is 12.1 Å². The lowest BCUT2D eigenvalue weighted by Crippen LogP contribution is -2.45. The standard InChI is InChI=1S/C19H25ClN2O6/c1-4-8-27-16-14(20)9-12(10-15(16)26-5-2)18(24)28-11(3)17(23)22-19(25)21-13-6-7-13/h9-11,13H,4-8H2,1-3H3,(H2,21,22,23,25). The summed E-state index contributed by atoms with van der Waals surface area (Å²) in [5.41, 5.74) is 0.111. The number of urea groups is 1. The molecule has 2 rings (SSSR count). The van der Waals surface area contributed by atoms with Gasteiger partial charge in [0.25, 0.3) is 5.91 Å². The van der Waals surface area contributed by atoms with Gasteiger partial charge >= 0.3 is 12.0 Å². The molecule has 0 aliphatic heterocycles. The van der Waals surface area contributed by atoms with Gasteiger partial charge in [0, 0.05) is 6.04 Å².